The van der Waals surface area contributed by atoms with E-state index in [1.165, 1.54) is 18.2 Å². The van der Waals surface area contributed by atoms with Gasteiger partial charge in [0.2, 0.25) is 0 Å². The second kappa shape index (κ2) is 2.95. The molecule has 1 aromatic rings. The first-order valence-corrected chi connectivity index (χ1v) is 3.06. The number of anilines is 1. The molecule has 1 aromatic carbocycles. The summed E-state index contributed by atoms with van der Waals surface area (Å²) < 4.78 is 0. The van der Waals surface area contributed by atoms with Gasteiger partial charge in [0.15, 0.2) is 5.69 Å². The number of benzene rings is 1. The van der Waals surface area contributed by atoms with Crippen molar-refractivity contribution in [1.82, 2.24) is 0 Å². The predicted octanol–water partition coefficient (Wildman–Crippen LogP) is 1.84. The molecule has 3 N–H and O–H groups in total. The molecule has 0 radical (unpaired) electrons. The van der Waals surface area contributed by atoms with E-state index in [1.807, 2.05) is 0 Å². The minimum absolute atomic E-state index is 0.00852. The van der Waals surface area contributed by atoms with Crippen LogP contribution in [0, 0.1) is 15.6 Å². The van der Waals surface area contributed by atoms with Crippen molar-refractivity contribution in [3.63, 3.8) is 0 Å². The molecule has 62 valence electrons. The van der Waals surface area contributed by atoms with Crippen LogP contribution in [0.5, 0.6) is 0 Å². The monoisotopic (exact) mass is 166 g/mol. The maximum Gasteiger partial charge on any atom is 0.298 e. The van der Waals surface area contributed by atoms with Crippen LogP contribution in [-0.2, 0) is 0 Å². The summed E-state index contributed by atoms with van der Waals surface area (Å²) in [5, 5.41) is 13.3. The fourth-order valence-corrected chi connectivity index (χ4v) is 0.781. The molecule has 0 aliphatic carbocycles. The van der Waals surface area contributed by atoms with Crippen molar-refractivity contribution in [3.8, 4) is 0 Å². The number of nitro groups is 1. The molecule has 0 amide bonds. The van der Waals surface area contributed by atoms with Crippen molar-refractivity contribution in [2.24, 2.45) is 5.11 Å². The lowest BCUT2D eigenvalue weighted by Gasteiger charge is -1.95. The third-order valence-electron chi connectivity index (χ3n) is 1.32. The first kappa shape index (κ1) is 8.12. The average Bonchev–Trinajstić information content (AvgIpc) is 2.04. The lowest BCUT2D eigenvalue weighted by molar-refractivity contribution is -0.384. The maximum atomic E-state index is 10.3. The van der Waals surface area contributed by atoms with Crippen molar-refractivity contribution >= 4 is 17.1 Å². The molecular formula is C6H6N4O2. The van der Waals surface area contributed by atoms with E-state index >= 15 is 0 Å². The zero-order valence-electron chi connectivity index (χ0n) is 6.02. The minimum Gasteiger partial charge on any atom is -0.399 e. The normalized spacial score (nSPS) is 9.33. The quantitative estimate of drug-likeness (QED) is 0.303. The highest BCUT2D eigenvalue weighted by atomic mass is 16.6. The summed E-state index contributed by atoms with van der Waals surface area (Å²) in [6.07, 6.45) is 0. The van der Waals surface area contributed by atoms with Gasteiger partial charge in [0.1, 0.15) is 0 Å². The van der Waals surface area contributed by atoms with Crippen LogP contribution in [0.1, 0.15) is 0 Å². The Labute approximate surface area is 67.7 Å². The molecule has 6 nitrogen and oxygen atoms in total. The Hall–Kier alpha value is -1.98. The maximum absolute atomic E-state index is 10.3. The Bertz CT molecular complexity index is 336. The van der Waals surface area contributed by atoms with Crippen LogP contribution >= 0.6 is 0 Å². The standard InChI is InChI=1S/C6H6N4O2/c7-4-1-2-5(9-8)6(3-4)10(11)12/h1-3,8H,7H2. The van der Waals surface area contributed by atoms with Crippen LogP contribution in [0.3, 0.4) is 0 Å². The average molecular weight is 166 g/mol. The van der Waals surface area contributed by atoms with Gasteiger partial charge in [0.25, 0.3) is 5.69 Å². The van der Waals surface area contributed by atoms with Crippen LogP contribution in [0.25, 0.3) is 0 Å². The van der Waals surface area contributed by atoms with Gasteiger partial charge < -0.3 is 5.73 Å². The fraction of sp³-hybridized carbons (Fsp3) is 0. The van der Waals surface area contributed by atoms with E-state index in [4.69, 9.17) is 11.3 Å². The number of rotatable bonds is 2. The smallest absolute Gasteiger partial charge is 0.298 e. The minimum atomic E-state index is -0.621. The molecule has 0 unspecified atom stereocenters. The number of nitrogens with two attached hydrogens (primary N) is 1. The van der Waals surface area contributed by atoms with Crippen LogP contribution in [0.4, 0.5) is 17.1 Å². The Morgan fingerprint density at radius 1 is 1.58 bits per heavy atom. The molecule has 0 saturated carbocycles. The van der Waals surface area contributed by atoms with Gasteiger partial charge in [0, 0.05) is 11.8 Å². The van der Waals surface area contributed by atoms with Gasteiger partial charge in [-0.3, -0.25) is 10.1 Å². The molecular weight excluding hydrogens is 160 g/mol. The number of nitrogen functional groups attached to an aromatic ring is 1. The molecule has 0 saturated heterocycles. The van der Waals surface area contributed by atoms with E-state index in [1.54, 1.807) is 0 Å². The molecule has 0 atom stereocenters. The first-order chi connectivity index (χ1) is 5.65. The summed E-state index contributed by atoms with van der Waals surface area (Å²) in [7, 11) is 0. The zero-order valence-corrected chi connectivity index (χ0v) is 6.02. The summed E-state index contributed by atoms with van der Waals surface area (Å²) in [6, 6.07) is 3.97. The Balaban J connectivity index is 3.30. The summed E-state index contributed by atoms with van der Waals surface area (Å²) in [5.74, 6) is 0. The van der Waals surface area contributed by atoms with E-state index < -0.39 is 4.92 Å². The van der Waals surface area contributed by atoms with Crippen molar-refractivity contribution in [2.45, 2.75) is 0 Å². The Kier molecular flexibility index (Phi) is 2.00. The van der Waals surface area contributed by atoms with Crippen molar-refractivity contribution < 1.29 is 4.92 Å². The van der Waals surface area contributed by atoms with Crippen LogP contribution in [-0.4, -0.2) is 4.92 Å². The highest BCUT2D eigenvalue weighted by Crippen LogP contribution is 2.28. The highest BCUT2D eigenvalue weighted by Gasteiger charge is 2.12. The van der Waals surface area contributed by atoms with Crippen molar-refractivity contribution in [2.75, 3.05) is 5.73 Å². The lowest BCUT2D eigenvalue weighted by Crippen LogP contribution is -1.91. The zero-order chi connectivity index (χ0) is 9.14. The van der Waals surface area contributed by atoms with E-state index in [-0.39, 0.29) is 17.1 Å². The molecule has 0 bridgehead atoms. The van der Waals surface area contributed by atoms with Gasteiger partial charge >= 0.3 is 0 Å². The summed E-state index contributed by atoms with van der Waals surface area (Å²) >= 11 is 0. The van der Waals surface area contributed by atoms with E-state index in [9.17, 15) is 10.1 Å². The van der Waals surface area contributed by atoms with E-state index in [0.717, 1.165) is 0 Å². The number of nitro benzene ring substituents is 1. The SMILES string of the molecule is N=Nc1ccc(N)cc1[N+](=O)[O-]. The van der Waals surface area contributed by atoms with Gasteiger partial charge in [-0.05, 0) is 12.1 Å². The predicted molar refractivity (Wildman–Crippen MR) is 42.3 cm³/mol. The third-order valence-corrected chi connectivity index (χ3v) is 1.32. The molecule has 6 heteroatoms. The van der Waals surface area contributed by atoms with Crippen molar-refractivity contribution in [1.29, 1.82) is 5.53 Å². The Morgan fingerprint density at radius 2 is 2.25 bits per heavy atom. The molecule has 0 fully saturated rings. The fourth-order valence-electron chi connectivity index (χ4n) is 0.781. The largest absolute Gasteiger partial charge is 0.399 e. The summed E-state index contributed by atoms with van der Waals surface area (Å²) in [6.45, 7) is 0. The Morgan fingerprint density at radius 3 is 2.75 bits per heavy atom. The molecule has 12 heavy (non-hydrogen) atoms. The molecule has 1 rings (SSSR count). The molecule has 0 aliphatic heterocycles. The number of nitrogens with one attached hydrogen (secondary N) is 1. The van der Waals surface area contributed by atoms with Gasteiger partial charge in [-0.25, -0.2) is 5.53 Å². The number of hydrogen-bond donors (Lipinski definition) is 2. The molecule has 0 heterocycles. The second-order valence-electron chi connectivity index (χ2n) is 2.12. The molecule has 0 aliphatic rings. The highest BCUT2D eigenvalue weighted by molar-refractivity contribution is 5.63. The molecule has 0 spiro atoms. The molecule has 0 aromatic heterocycles. The third kappa shape index (κ3) is 1.36. The van der Waals surface area contributed by atoms with E-state index in [0.29, 0.717) is 0 Å². The second-order valence-corrected chi connectivity index (χ2v) is 2.12. The van der Waals surface area contributed by atoms with Crippen LogP contribution in [0.2, 0.25) is 0 Å². The number of nitrogens with zero attached hydrogens (tertiary/aromatic N) is 2. The van der Waals surface area contributed by atoms with Crippen molar-refractivity contribution in [3.05, 3.63) is 28.3 Å². The van der Waals surface area contributed by atoms with Gasteiger partial charge in [-0.2, -0.15) is 5.11 Å². The lowest BCUT2D eigenvalue weighted by atomic mass is 10.2. The summed E-state index contributed by atoms with van der Waals surface area (Å²) in [4.78, 5) is 9.72. The van der Waals surface area contributed by atoms with E-state index in [2.05, 4.69) is 5.11 Å². The first-order valence-electron chi connectivity index (χ1n) is 3.06. The topological polar surface area (TPSA) is 105 Å². The van der Waals surface area contributed by atoms with Gasteiger partial charge in [-0.1, -0.05) is 0 Å². The summed E-state index contributed by atoms with van der Waals surface area (Å²) in [5.41, 5.74) is 12.0. The van der Waals surface area contributed by atoms with Crippen LogP contribution < -0.4 is 5.73 Å². The number of hydrogen-bond acceptors (Lipinski definition) is 5. The van der Waals surface area contributed by atoms with Gasteiger partial charge in [-0.15, -0.1) is 0 Å². The van der Waals surface area contributed by atoms with Crippen LogP contribution in [0.15, 0.2) is 23.3 Å². The van der Waals surface area contributed by atoms with Gasteiger partial charge in [0.05, 0.1) is 4.92 Å².